The Labute approximate surface area is 222 Å². The number of esters is 1. The Morgan fingerprint density at radius 3 is 2.16 bits per heavy atom. The van der Waals surface area contributed by atoms with Crippen LogP contribution in [0.5, 0.6) is 0 Å². The highest BCUT2D eigenvalue weighted by Crippen LogP contribution is 2.13. The molecular formula is C21H38N4O10PS+. The van der Waals surface area contributed by atoms with E-state index in [4.69, 9.17) is 20.7 Å². The molecule has 0 radical (unpaired) electrons. The van der Waals surface area contributed by atoms with Gasteiger partial charge in [-0.1, -0.05) is 6.58 Å². The van der Waals surface area contributed by atoms with E-state index in [-0.39, 0.29) is 36.8 Å². The first-order valence-electron chi connectivity index (χ1n) is 10.9. The van der Waals surface area contributed by atoms with Gasteiger partial charge in [-0.15, -0.1) is 0 Å². The normalized spacial score (nSPS) is 13.1. The van der Waals surface area contributed by atoms with Crippen molar-refractivity contribution in [3.63, 3.8) is 0 Å². The van der Waals surface area contributed by atoms with Crippen molar-refractivity contribution in [2.45, 2.75) is 31.8 Å². The summed E-state index contributed by atoms with van der Waals surface area (Å²) in [5, 5.41) is 31.0. The van der Waals surface area contributed by atoms with Crippen LogP contribution in [0.15, 0.2) is 12.2 Å². The van der Waals surface area contributed by atoms with Gasteiger partial charge in [0.2, 0.25) is 11.8 Å². The number of quaternary nitrogens is 1. The molecule has 14 nitrogen and oxygen atoms in total. The van der Waals surface area contributed by atoms with Gasteiger partial charge in [-0.05, 0) is 13.3 Å². The quantitative estimate of drug-likeness (QED) is 0.0370. The maximum atomic E-state index is 11.6. The molecule has 7 N–H and O–H groups in total. The maximum Gasteiger partial charge on any atom is 0.333 e. The molecule has 0 heterocycles. The van der Waals surface area contributed by atoms with Crippen LogP contribution in [0.25, 0.3) is 0 Å². The minimum atomic E-state index is -1.86. The molecule has 0 aliphatic heterocycles. The number of aliphatic hydroxyl groups excluding tert-OH is 1. The third-order valence-electron chi connectivity index (χ3n) is 4.03. The second-order valence-electron chi connectivity index (χ2n) is 8.78. The first kappa shape index (κ1) is 36.6. The van der Waals surface area contributed by atoms with Gasteiger partial charge in [-0.3, -0.25) is 19.2 Å². The number of nitrogens with two attached hydrogens (primary N) is 1. The van der Waals surface area contributed by atoms with Crippen LogP contribution in [-0.4, -0.2) is 120 Å². The van der Waals surface area contributed by atoms with Crippen LogP contribution >= 0.6 is 20.4 Å². The van der Waals surface area contributed by atoms with E-state index in [0.717, 1.165) is 0 Å². The van der Waals surface area contributed by atoms with Crippen molar-refractivity contribution in [3.05, 3.63) is 12.2 Å². The third kappa shape index (κ3) is 20.2. The monoisotopic (exact) mass is 569 g/mol. The fourth-order valence-electron chi connectivity index (χ4n) is 2.13. The minimum absolute atomic E-state index is 0.0256. The van der Waals surface area contributed by atoms with Crippen LogP contribution < -0.4 is 21.3 Å². The van der Waals surface area contributed by atoms with Gasteiger partial charge >= 0.3 is 17.9 Å². The van der Waals surface area contributed by atoms with Crippen molar-refractivity contribution in [1.29, 1.82) is 0 Å². The highest BCUT2D eigenvalue weighted by atomic mass is 32.1. The lowest BCUT2D eigenvalue weighted by atomic mass is 10.1. The fraction of sp³-hybridized carbons (Fsp3) is 0.619. The first-order chi connectivity index (χ1) is 16.9. The number of carboxylic acid groups (broad SMARTS) is 2. The Balaban J connectivity index is 0. The summed E-state index contributed by atoms with van der Waals surface area (Å²) >= 11 is 3.87. The highest BCUT2D eigenvalue weighted by molar-refractivity contribution is 7.80. The van der Waals surface area contributed by atoms with Gasteiger partial charge in [0.15, 0.2) is 6.54 Å². The Bertz CT molecular complexity index is 861. The fourth-order valence-corrected chi connectivity index (χ4v) is 3.49. The van der Waals surface area contributed by atoms with Crippen LogP contribution in [0, 0.1) is 0 Å². The average molecular weight is 570 g/mol. The Kier molecular flexibility index (Phi) is 18.5. The van der Waals surface area contributed by atoms with Crippen molar-refractivity contribution in [3.8, 4) is 0 Å². The molecule has 0 aromatic carbocycles. The van der Waals surface area contributed by atoms with Crippen molar-refractivity contribution in [1.82, 2.24) is 10.6 Å². The standard InChI is InChI=1S/C11H20NO4P.C10H17N3O6S/c1-9(2)11(14)16-6-7-17(15)10(13)8-12(3,4)5;11-5(10(18)19)1-2-7(14)13-6(4-20)9(17)12-3-8(15)16/h1,6-8H2,2-5H3;5-6,20H,1-4,11H2,(H,12,17)(H,13,14)(H,15,16)(H,18,19)/p+1. The summed E-state index contributed by atoms with van der Waals surface area (Å²) in [6, 6.07) is -2.15. The predicted molar refractivity (Wildman–Crippen MR) is 139 cm³/mol. The molecule has 212 valence electrons. The molecule has 0 spiro atoms. The van der Waals surface area contributed by atoms with E-state index in [2.05, 4.69) is 29.8 Å². The molecule has 0 aromatic rings. The molecule has 0 aromatic heterocycles. The van der Waals surface area contributed by atoms with Crippen molar-refractivity contribution in [2.75, 3.05) is 52.8 Å². The second kappa shape index (κ2) is 18.7. The summed E-state index contributed by atoms with van der Waals surface area (Å²) < 4.78 is 5.30. The van der Waals surface area contributed by atoms with Gasteiger partial charge < -0.3 is 45.8 Å². The number of nitrogens with zero attached hydrogens (tertiary/aromatic N) is 1. The summed E-state index contributed by atoms with van der Waals surface area (Å²) in [6.07, 6.45) is -0.0959. The topological polar surface area (TPSA) is 228 Å². The number of ether oxygens (including phenoxy) is 1. The van der Waals surface area contributed by atoms with Crippen molar-refractivity contribution < 1.29 is 53.4 Å². The van der Waals surface area contributed by atoms with Gasteiger partial charge in [0.1, 0.15) is 31.4 Å². The number of nitrogens with one attached hydrogen (secondary N) is 2. The maximum absolute atomic E-state index is 11.6. The largest absolute Gasteiger partial charge is 0.628 e. The average Bonchev–Trinajstić information content (AvgIpc) is 2.78. The number of carboxylic acids is 2. The first-order valence-corrected chi connectivity index (χ1v) is 13.0. The number of hydrogen-bond donors (Lipinski definition) is 7. The zero-order valence-electron chi connectivity index (χ0n) is 21.4. The number of likely N-dealkylation sites (N-methyl/N-ethyl adjacent to an activating group) is 1. The van der Waals surface area contributed by atoms with Crippen LogP contribution in [0.3, 0.4) is 0 Å². The van der Waals surface area contributed by atoms with Crippen molar-refractivity contribution in [2.24, 2.45) is 5.73 Å². The van der Waals surface area contributed by atoms with Crippen LogP contribution in [0.1, 0.15) is 19.8 Å². The highest BCUT2D eigenvalue weighted by Gasteiger charge is 2.21. The number of carbonyl (C=O) groups is 5. The SMILES string of the molecule is C=C(C)C(=O)OCC/[P+]([O-])=C(\O)C[N+](C)(C)C.NC(CCC(=O)NC(CS)C(=O)NCC(=O)O)C(=O)O. The van der Waals surface area contributed by atoms with Crippen molar-refractivity contribution >= 4 is 55.6 Å². The van der Waals surface area contributed by atoms with E-state index in [1.165, 1.54) is 0 Å². The number of carbonyl (C=O) groups excluding carboxylic acids is 3. The van der Waals surface area contributed by atoms with E-state index in [9.17, 15) is 34.0 Å². The Morgan fingerprint density at radius 2 is 1.73 bits per heavy atom. The van der Waals surface area contributed by atoms with E-state index in [0.29, 0.717) is 16.6 Å². The summed E-state index contributed by atoms with van der Waals surface area (Å²) in [5.74, 6) is -4.20. The lowest BCUT2D eigenvalue weighted by molar-refractivity contribution is -0.861. The molecule has 0 saturated carbocycles. The Hall–Kier alpha value is -2.55. The molecular weight excluding hydrogens is 531 g/mol. The van der Waals surface area contributed by atoms with E-state index >= 15 is 0 Å². The van der Waals surface area contributed by atoms with Gasteiger partial charge in [-0.25, -0.2) is 4.79 Å². The van der Waals surface area contributed by atoms with Gasteiger partial charge in [0.05, 0.1) is 28.9 Å². The smallest absolute Gasteiger partial charge is 0.333 e. The molecule has 37 heavy (non-hydrogen) atoms. The number of rotatable bonds is 15. The zero-order chi connectivity index (χ0) is 29.3. The molecule has 0 fully saturated rings. The summed E-state index contributed by atoms with van der Waals surface area (Å²) in [4.78, 5) is 66.4. The van der Waals surface area contributed by atoms with Crippen LogP contribution in [-0.2, 0) is 28.7 Å². The summed E-state index contributed by atoms with van der Waals surface area (Å²) in [7, 11) is 3.81. The molecule has 16 heteroatoms. The predicted octanol–water partition coefficient (Wildman–Crippen LogP) is -2.13. The van der Waals surface area contributed by atoms with E-state index < -0.39 is 56.1 Å². The molecule has 3 atom stereocenters. The van der Waals surface area contributed by atoms with Gasteiger partial charge in [-0.2, -0.15) is 12.6 Å². The molecule has 0 rings (SSSR count). The number of aliphatic hydroxyl groups is 1. The lowest BCUT2D eigenvalue weighted by Gasteiger charge is -2.22. The third-order valence-corrected chi connectivity index (χ3v) is 5.70. The lowest BCUT2D eigenvalue weighted by Crippen LogP contribution is -2.49. The second-order valence-corrected chi connectivity index (χ2v) is 10.9. The molecule has 3 unspecified atom stereocenters. The molecule has 0 bridgehead atoms. The Morgan fingerprint density at radius 1 is 1.16 bits per heavy atom. The van der Waals surface area contributed by atoms with Gasteiger partial charge in [0.25, 0.3) is 5.48 Å². The summed E-state index contributed by atoms with van der Waals surface area (Å²) in [5.41, 5.74) is 5.49. The molecule has 2 amide bonds. The number of hydrogen-bond acceptors (Lipinski definition) is 9. The number of amides is 2. The van der Waals surface area contributed by atoms with Crippen LogP contribution in [0.4, 0.5) is 0 Å². The molecule has 0 aliphatic carbocycles. The van der Waals surface area contributed by atoms with E-state index in [1.807, 2.05) is 21.1 Å². The van der Waals surface area contributed by atoms with Gasteiger partial charge in [0, 0.05) is 17.7 Å². The number of thiol groups is 1. The summed E-state index contributed by atoms with van der Waals surface area (Å²) in [6.45, 7) is 4.76. The van der Waals surface area contributed by atoms with E-state index in [1.54, 1.807) is 6.92 Å². The molecule has 0 saturated heterocycles. The number of aliphatic carboxylic acids is 2. The molecule has 0 aliphatic rings. The minimum Gasteiger partial charge on any atom is -0.628 e. The zero-order valence-corrected chi connectivity index (χ0v) is 23.2. The van der Waals surface area contributed by atoms with Crippen LogP contribution in [0.2, 0.25) is 0 Å².